The Bertz CT molecular complexity index is 1470. The van der Waals surface area contributed by atoms with Crippen molar-refractivity contribution in [3.05, 3.63) is 65.8 Å². The minimum Gasteiger partial charge on any atom is -0.416 e. The van der Waals surface area contributed by atoms with Gasteiger partial charge in [0.25, 0.3) is 0 Å². The summed E-state index contributed by atoms with van der Waals surface area (Å²) in [6.45, 7) is 8.21. The van der Waals surface area contributed by atoms with E-state index in [0.717, 1.165) is 41.2 Å². The molecule has 0 radical (unpaired) electrons. The van der Waals surface area contributed by atoms with Gasteiger partial charge in [0.15, 0.2) is 0 Å². The van der Waals surface area contributed by atoms with E-state index in [2.05, 4.69) is 47.9 Å². The standard InChI is InChI=1S/C28H35N9O3/c1-28(2,3)26-35-34-25(40-26)24(39)32-23-9-12-37(11-5-13-38)16-19-14-18(6-7-21(19)23)22-8-10-29-27(33-22)31-20-15-30-36(4)17-20/h6-8,10,14-15,17,23,38H,5,9,11-13,16H2,1-4H3,(H,32,39)(H,29,31,33). The summed E-state index contributed by atoms with van der Waals surface area (Å²) in [5.74, 6) is 0.457. The van der Waals surface area contributed by atoms with E-state index in [0.29, 0.717) is 31.2 Å². The molecular formula is C28H35N9O3. The predicted molar refractivity (Wildman–Crippen MR) is 149 cm³/mol. The molecule has 1 amide bonds. The van der Waals surface area contributed by atoms with Crippen molar-refractivity contribution in [2.75, 3.05) is 25.0 Å². The molecule has 0 spiro atoms. The van der Waals surface area contributed by atoms with Crippen molar-refractivity contribution in [3.8, 4) is 11.3 Å². The molecule has 40 heavy (non-hydrogen) atoms. The second-order valence-electron chi connectivity index (χ2n) is 11.0. The maximum Gasteiger partial charge on any atom is 0.309 e. The lowest BCUT2D eigenvalue weighted by Crippen LogP contribution is -2.30. The zero-order chi connectivity index (χ0) is 28.3. The molecule has 1 aliphatic rings. The monoisotopic (exact) mass is 545 g/mol. The van der Waals surface area contributed by atoms with Crippen LogP contribution in [0.15, 0.2) is 47.3 Å². The van der Waals surface area contributed by atoms with E-state index in [1.54, 1.807) is 17.1 Å². The van der Waals surface area contributed by atoms with Gasteiger partial charge in [-0.2, -0.15) is 5.10 Å². The summed E-state index contributed by atoms with van der Waals surface area (Å²) in [7, 11) is 1.85. The van der Waals surface area contributed by atoms with Gasteiger partial charge in [0.2, 0.25) is 11.8 Å². The van der Waals surface area contributed by atoms with Crippen molar-refractivity contribution in [2.24, 2.45) is 7.05 Å². The van der Waals surface area contributed by atoms with Gasteiger partial charge in [0.1, 0.15) is 0 Å². The first-order chi connectivity index (χ1) is 19.2. The number of anilines is 2. The topological polar surface area (TPSA) is 147 Å². The number of aliphatic hydroxyl groups is 1. The third-order valence-corrected chi connectivity index (χ3v) is 6.76. The highest BCUT2D eigenvalue weighted by atomic mass is 16.4. The number of hydrogen-bond donors (Lipinski definition) is 3. The number of carbonyl (C=O) groups excluding carboxylic acids is 1. The van der Waals surface area contributed by atoms with E-state index in [1.807, 2.05) is 46.1 Å². The van der Waals surface area contributed by atoms with Crippen LogP contribution in [0.3, 0.4) is 0 Å². The summed E-state index contributed by atoms with van der Waals surface area (Å²) in [6, 6.07) is 7.82. The van der Waals surface area contributed by atoms with Gasteiger partial charge in [-0.1, -0.05) is 32.9 Å². The summed E-state index contributed by atoms with van der Waals surface area (Å²) in [5.41, 5.74) is 4.28. The van der Waals surface area contributed by atoms with Crippen LogP contribution in [0.2, 0.25) is 0 Å². The van der Waals surface area contributed by atoms with Gasteiger partial charge >= 0.3 is 11.8 Å². The average Bonchev–Trinajstić information content (AvgIpc) is 3.55. The first-order valence-corrected chi connectivity index (χ1v) is 13.4. The Morgan fingerprint density at radius 2 is 2.08 bits per heavy atom. The highest BCUT2D eigenvalue weighted by Gasteiger charge is 2.28. The van der Waals surface area contributed by atoms with E-state index in [1.165, 1.54) is 0 Å². The number of hydrogen-bond acceptors (Lipinski definition) is 10. The summed E-state index contributed by atoms with van der Waals surface area (Å²) < 4.78 is 7.39. The molecule has 3 aromatic heterocycles. The summed E-state index contributed by atoms with van der Waals surface area (Å²) in [5, 5.41) is 27.9. The molecule has 1 aliphatic heterocycles. The van der Waals surface area contributed by atoms with Crippen LogP contribution in [0.4, 0.5) is 11.6 Å². The van der Waals surface area contributed by atoms with Crippen LogP contribution < -0.4 is 10.6 Å². The van der Waals surface area contributed by atoms with Crippen molar-refractivity contribution in [1.82, 2.24) is 40.2 Å². The first kappa shape index (κ1) is 27.4. The van der Waals surface area contributed by atoms with Crippen LogP contribution in [0.25, 0.3) is 11.3 Å². The molecule has 210 valence electrons. The van der Waals surface area contributed by atoms with E-state index < -0.39 is 5.91 Å². The van der Waals surface area contributed by atoms with Crippen molar-refractivity contribution in [1.29, 1.82) is 0 Å². The number of aryl methyl sites for hydroxylation is 1. The van der Waals surface area contributed by atoms with Gasteiger partial charge in [-0.3, -0.25) is 14.4 Å². The molecule has 0 bridgehead atoms. The Balaban J connectivity index is 1.41. The SMILES string of the molecule is Cn1cc(Nc2nccc(-c3ccc4c(c3)CN(CCCO)CCC4NC(=O)c3nnc(C(C)(C)C)o3)n2)cn1. The van der Waals surface area contributed by atoms with Crippen LogP contribution in [-0.2, 0) is 19.0 Å². The zero-order valence-corrected chi connectivity index (χ0v) is 23.3. The van der Waals surface area contributed by atoms with Crippen LogP contribution in [0, 0.1) is 0 Å². The van der Waals surface area contributed by atoms with Gasteiger partial charge in [0, 0.05) is 56.7 Å². The maximum atomic E-state index is 13.1. The highest BCUT2D eigenvalue weighted by molar-refractivity contribution is 5.89. The largest absolute Gasteiger partial charge is 0.416 e. The molecule has 12 heteroatoms. The number of aliphatic hydroxyl groups excluding tert-OH is 1. The van der Waals surface area contributed by atoms with Crippen LogP contribution in [0.1, 0.15) is 67.4 Å². The zero-order valence-electron chi connectivity index (χ0n) is 23.3. The molecule has 1 aromatic carbocycles. The molecule has 4 aromatic rings. The predicted octanol–water partition coefficient (Wildman–Crippen LogP) is 3.36. The molecule has 4 heterocycles. The fraction of sp³-hybridized carbons (Fsp3) is 0.429. The van der Waals surface area contributed by atoms with Crippen LogP contribution in [0.5, 0.6) is 0 Å². The average molecular weight is 546 g/mol. The molecule has 1 atom stereocenters. The molecule has 5 rings (SSSR count). The van der Waals surface area contributed by atoms with Crippen molar-refractivity contribution in [2.45, 2.75) is 51.6 Å². The Morgan fingerprint density at radius 1 is 1.23 bits per heavy atom. The molecule has 0 saturated heterocycles. The summed E-state index contributed by atoms with van der Waals surface area (Å²) in [6.07, 6.45) is 6.67. The molecule has 12 nitrogen and oxygen atoms in total. The van der Waals surface area contributed by atoms with E-state index in [4.69, 9.17) is 9.40 Å². The molecule has 3 N–H and O–H groups in total. The summed E-state index contributed by atoms with van der Waals surface area (Å²) >= 11 is 0. The van der Waals surface area contributed by atoms with Gasteiger partial charge in [0.05, 0.1) is 23.6 Å². The quantitative estimate of drug-likeness (QED) is 0.301. The fourth-order valence-corrected chi connectivity index (χ4v) is 4.70. The lowest BCUT2D eigenvalue weighted by atomic mass is 9.96. The Kier molecular flexibility index (Phi) is 7.90. The number of nitrogens with zero attached hydrogens (tertiary/aromatic N) is 7. The maximum absolute atomic E-state index is 13.1. The lowest BCUT2D eigenvalue weighted by molar-refractivity contribution is 0.0894. The number of rotatable bonds is 8. The van der Waals surface area contributed by atoms with Crippen molar-refractivity contribution >= 4 is 17.5 Å². The minimum absolute atomic E-state index is 0.0425. The fourth-order valence-electron chi connectivity index (χ4n) is 4.70. The van der Waals surface area contributed by atoms with Gasteiger partial charge in [-0.15, -0.1) is 10.2 Å². The molecule has 1 unspecified atom stereocenters. The smallest absolute Gasteiger partial charge is 0.309 e. The number of amides is 1. The van der Waals surface area contributed by atoms with Crippen molar-refractivity contribution in [3.63, 3.8) is 0 Å². The highest BCUT2D eigenvalue weighted by Crippen LogP contribution is 2.31. The second-order valence-corrected chi connectivity index (χ2v) is 11.0. The Morgan fingerprint density at radius 3 is 2.80 bits per heavy atom. The van der Waals surface area contributed by atoms with E-state index >= 15 is 0 Å². The van der Waals surface area contributed by atoms with Gasteiger partial charge in [-0.25, -0.2) is 9.97 Å². The van der Waals surface area contributed by atoms with E-state index in [9.17, 15) is 9.90 Å². The van der Waals surface area contributed by atoms with Crippen LogP contribution in [-0.4, -0.2) is 65.6 Å². The summed E-state index contributed by atoms with van der Waals surface area (Å²) in [4.78, 5) is 24.5. The van der Waals surface area contributed by atoms with Crippen molar-refractivity contribution < 1.29 is 14.3 Å². The number of fused-ring (bicyclic) bond motifs is 1. The second kappa shape index (κ2) is 11.5. The minimum atomic E-state index is -0.395. The third-order valence-electron chi connectivity index (χ3n) is 6.76. The number of aromatic nitrogens is 6. The number of carbonyl (C=O) groups is 1. The number of benzene rings is 1. The normalized spacial score (nSPS) is 15.9. The molecule has 0 fully saturated rings. The third kappa shape index (κ3) is 6.35. The first-order valence-electron chi connectivity index (χ1n) is 13.4. The van der Waals surface area contributed by atoms with Gasteiger partial charge in [-0.05, 0) is 36.1 Å². The molecular weight excluding hydrogens is 510 g/mol. The van der Waals surface area contributed by atoms with Gasteiger partial charge < -0.3 is 20.2 Å². The van der Waals surface area contributed by atoms with Crippen LogP contribution >= 0.6 is 0 Å². The molecule has 0 aliphatic carbocycles. The Hall–Kier alpha value is -4.16. The van der Waals surface area contributed by atoms with E-state index in [-0.39, 0.29) is 24.0 Å². The molecule has 0 saturated carbocycles. The Labute approximate surface area is 232 Å². The number of nitrogens with one attached hydrogen (secondary N) is 2. The lowest BCUT2D eigenvalue weighted by Gasteiger charge is -2.20.